The Hall–Kier alpha value is -1.88. The van der Waals surface area contributed by atoms with Gasteiger partial charge in [0.05, 0.1) is 0 Å². The van der Waals surface area contributed by atoms with Gasteiger partial charge in [0.2, 0.25) is 0 Å². The first-order chi connectivity index (χ1) is 21.6. The third-order valence-electron chi connectivity index (χ3n) is 7.89. The number of carbonyl (C=O) groups is 2. The van der Waals surface area contributed by atoms with Gasteiger partial charge in [-0.2, -0.15) is 0 Å². The molecule has 0 aromatic heterocycles. The van der Waals surface area contributed by atoms with Crippen molar-refractivity contribution >= 4 is 11.9 Å². The summed E-state index contributed by atoms with van der Waals surface area (Å²) in [6.07, 6.45) is 42.1. The predicted octanol–water partition coefficient (Wildman–Crippen LogP) is 11.3. The van der Waals surface area contributed by atoms with Gasteiger partial charge in [-0.3, -0.25) is 9.59 Å². The molecule has 0 bridgehead atoms. The Morgan fingerprint density at radius 3 is 1.32 bits per heavy atom. The van der Waals surface area contributed by atoms with Crippen molar-refractivity contribution in [2.75, 3.05) is 13.2 Å². The van der Waals surface area contributed by atoms with Crippen LogP contribution < -0.4 is 0 Å². The fraction of sp³-hybridized carbons (Fsp3) is 0.795. The number of ether oxygens (including phenoxy) is 2. The van der Waals surface area contributed by atoms with E-state index in [9.17, 15) is 14.7 Å². The molecular formula is C39H70O5. The number of unbranched alkanes of at least 4 members (excludes halogenated alkanes) is 19. The first-order valence-electron chi connectivity index (χ1n) is 18.5. The Bertz CT molecular complexity index is 711. The maximum atomic E-state index is 11.9. The first kappa shape index (κ1) is 42.1. The highest BCUT2D eigenvalue weighted by atomic mass is 16.6. The van der Waals surface area contributed by atoms with Crippen LogP contribution in [0.15, 0.2) is 36.5 Å². The zero-order valence-electron chi connectivity index (χ0n) is 28.9. The highest BCUT2D eigenvalue weighted by molar-refractivity contribution is 5.70. The molecule has 5 heteroatoms. The van der Waals surface area contributed by atoms with Crippen LogP contribution in [0.25, 0.3) is 0 Å². The molecule has 0 heterocycles. The Morgan fingerprint density at radius 1 is 0.477 bits per heavy atom. The topological polar surface area (TPSA) is 72.8 Å². The number of hydrogen-bond donors (Lipinski definition) is 1. The highest BCUT2D eigenvalue weighted by Crippen LogP contribution is 2.14. The van der Waals surface area contributed by atoms with Crippen LogP contribution in [-0.4, -0.2) is 36.4 Å². The van der Waals surface area contributed by atoms with Gasteiger partial charge >= 0.3 is 11.9 Å². The van der Waals surface area contributed by atoms with Gasteiger partial charge in [-0.15, -0.1) is 0 Å². The van der Waals surface area contributed by atoms with Crippen molar-refractivity contribution in [3.63, 3.8) is 0 Å². The standard InChI is InChI=1S/C39H70O5/c1-3-5-7-9-11-13-15-17-18-19-20-22-24-26-28-30-32-34-39(42)44-36-37(40)35-43-38(41)33-31-29-27-25-23-21-16-14-12-10-8-6-4-2/h12,14,21,23,27,29,37,40H,3-11,13,15-20,22,24-26,28,30-36H2,1-2H3. The molecule has 44 heavy (non-hydrogen) atoms. The molecule has 1 atom stereocenters. The summed E-state index contributed by atoms with van der Waals surface area (Å²) in [5.74, 6) is -0.647. The lowest BCUT2D eigenvalue weighted by Gasteiger charge is -2.12. The van der Waals surface area contributed by atoms with Gasteiger partial charge in [-0.25, -0.2) is 0 Å². The summed E-state index contributed by atoms with van der Waals surface area (Å²) in [6, 6.07) is 0. The second-order valence-electron chi connectivity index (χ2n) is 12.3. The van der Waals surface area contributed by atoms with Crippen molar-refractivity contribution in [1.82, 2.24) is 0 Å². The molecule has 0 radical (unpaired) electrons. The number of allylic oxidation sites excluding steroid dienone is 6. The Labute approximate surface area is 272 Å². The minimum Gasteiger partial charge on any atom is -0.463 e. The number of hydrogen-bond acceptors (Lipinski definition) is 5. The van der Waals surface area contributed by atoms with Crippen molar-refractivity contribution in [2.45, 2.75) is 187 Å². The molecule has 0 rings (SSSR count). The average molecular weight is 619 g/mol. The minimum absolute atomic E-state index is 0.134. The van der Waals surface area contributed by atoms with E-state index in [0.29, 0.717) is 12.8 Å². The molecule has 256 valence electrons. The fourth-order valence-electron chi connectivity index (χ4n) is 5.06. The van der Waals surface area contributed by atoms with Gasteiger partial charge < -0.3 is 14.6 Å². The maximum Gasteiger partial charge on any atom is 0.306 e. The SMILES string of the molecule is CCCCCC=CCC=CCC=CCCC(=O)OCC(O)COC(=O)CCCCCCCCCCCCCCCCCCC. The van der Waals surface area contributed by atoms with Crippen LogP contribution >= 0.6 is 0 Å². The van der Waals surface area contributed by atoms with Crippen LogP contribution in [0.1, 0.15) is 181 Å². The van der Waals surface area contributed by atoms with Crippen LogP contribution in [0.3, 0.4) is 0 Å². The molecule has 0 fully saturated rings. The summed E-state index contributed by atoms with van der Waals surface area (Å²) in [6.45, 7) is 4.21. The summed E-state index contributed by atoms with van der Waals surface area (Å²) < 4.78 is 10.3. The van der Waals surface area contributed by atoms with Crippen LogP contribution in [0.5, 0.6) is 0 Å². The molecule has 0 aliphatic rings. The lowest BCUT2D eigenvalue weighted by atomic mass is 10.0. The third kappa shape index (κ3) is 34.6. The largest absolute Gasteiger partial charge is 0.463 e. The Balaban J connectivity index is 3.49. The summed E-state index contributed by atoms with van der Waals surface area (Å²) in [5.41, 5.74) is 0. The van der Waals surface area contributed by atoms with E-state index in [1.807, 2.05) is 12.2 Å². The van der Waals surface area contributed by atoms with Gasteiger partial charge in [0.25, 0.3) is 0 Å². The second-order valence-corrected chi connectivity index (χ2v) is 12.3. The summed E-state index contributed by atoms with van der Waals surface area (Å²) in [4.78, 5) is 23.8. The predicted molar refractivity (Wildman–Crippen MR) is 187 cm³/mol. The van der Waals surface area contributed by atoms with E-state index in [-0.39, 0.29) is 31.6 Å². The molecule has 0 saturated heterocycles. The average Bonchev–Trinajstić information content (AvgIpc) is 3.02. The van der Waals surface area contributed by atoms with Crippen molar-refractivity contribution in [3.8, 4) is 0 Å². The number of aliphatic hydroxyl groups excluding tert-OH is 1. The molecule has 0 saturated carbocycles. The van der Waals surface area contributed by atoms with Crippen LogP contribution in [0, 0.1) is 0 Å². The van der Waals surface area contributed by atoms with Crippen LogP contribution in [0.4, 0.5) is 0 Å². The zero-order chi connectivity index (χ0) is 32.2. The molecule has 0 amide bonds. The van der Waals surface area contributed by atoms with E-state index in [2.05, 4.69) is 38.2 Å². The molecule has 0 aromatic carbocycles. The Morgan fingerprint density at radius 2 is 0.841 bits per heavy atom. The molecule has 0 aliphatic carbocycles. The molecule has 0 aromatic rings. The highest BCUT2D eigenvalue weighted by Gasteiger charge is 2.11. The van der Waals surface area contributed by atoms with Gasteiger partial charge in [0.15, 0.2) is 0 Å². The van der Waals surface area contributed by atoms with Gasteiger partial charge in [-0.05, 0) is 38.5 Å². The minimum atomic E-state index is -0.986. The second kappa shape index (κ2) is 35.6. The molecular weight excluding hydrogens is 548 g/mol. The molecule has 1 unspecified atom stereocenters. The van der Waals surface area contributed by atoms with Gasteiger partial charge in [0.1, 0.15) is 19.3 Å². The first-order valence-corrected chi connectivity index (χ1v) is 18.5. The van der Waals surface area contributed by atoms with Gasteiger partial charge in [0, 0.05) is 12.8 Å². The van der Waals surface area contributed by atoms with E-state index < -0.39 is 6.10 Å². The third-order valence-corrected chi connectivity index (χ3v) is 7.89. The van der Waals surface area contributed by atoms with Gasteiger partial charge in [-0.1, -0.05) is 166 Å². The maximum absolute atomic E-state index is 11.9. The van der Waals surface area contributed by atoms with E-state index in [4.69, 9.17) is 9.47 Å². The van der Waals surface area contributed by atoms with Crippen LogP contribution in [-0.2, 0) is 19.1 Å². The van der Waals surface area contributed by atoms with Crippen molar-refractivity contribution in [3.05, 3.63) is 36.5 Å². The lowest BCUT2D eigenvalue weighted by molar-refractivity contribution is -0.152. The number of rotatable bonds is 33. The fourth-order valence-corrected chi connectivity index (χ4v) is 5.06. The molecule has 1 N–H and O–H groups in total. The zero-order valence-corrected chi connectivity index (χ0v) is 28.9. The molecule has 0 aliphatic heterocycles. The summed E-state index contributed by atoms with van der Waals surface area (Å²) >= 11 is 0. The lowest BCUT2D eigenvalue weighted by Crippen LogP contribution is -2.25. The van der Waals surface area contributed by atoms with Crippen molar-refractivity contribution in [2.24, 2.45) is 0 Å². The van der Waals surface area contributed by atoms with Crippen molar-refractivity contribution < 1.29 is 24.2 Å². The smallest absolute Gasteiger partial charge is 0.306 e. The summed E-state index contributed by atoms with van der Waals surface area (Å²) in [7, 11) is 0. The number of carbonyl (C=O) groups excluding carboxylic acids is 2. The normalized spacial score (nSPS) is 12.5. The molecule has 5 nitrogen and oxygen atoms in total. The number of aliphatic hydroxyl groups is 1. The van der Waals surface area contributed by atoms with E-state index in [0.717, 1.165) is 32.1 Å². The van der Waals surface area contributed by atoms with E-state index >= 15 is 0 Å². The van der Waals surface area contributed by atoms with E-state index in [1.54, 1.807) is 0 Å². The van der Waals surface area contributed by atoms with E-state index in [1.165, 1.54) is 116 Å². The van der Waals surface area contributed by atoms with Crippen molar-refractivity contribution in [1.29, 1.82) is 0 Å². The number of esters is 2. The summed E-state index contributed by atoms with van der Waals surface area (Å²) in [5, 5.41) is 9.97. The Kier molecular flexibility index (Phi) is 34.1. The quantitative estimate of drug-likeness (QED) is 0.0450. The van der Waals surface area contributed by atoms with Crippen LogP contribution in [0.2, 0.25) is 0 Å². The molecule has 0 spiro atoms. The monoisotopic (exact) mass is 619 g/mol.